The first-order valence-corrected chi connectivity index (χ1v) is 7.20. The van der Waals surface area contributed by atoms with Gasteiger partial charge in [-0.3, -0.25) is 4.79 Å². The molecular weight excluding hydrogens is 292 g/mol. The number of methoxy groups -OCH3 is 1. The fourth-order valence-electron chi connectivity index (χ4n) is 2.42. The lowest BCUT2D eigenvalue weighted by Crippen LogP contribution is -2.34. The van der Waals surface area contributed by atoms with E-state index in [4.69, 9.17) is 4.74 Å². The minimum absolute atomic E-state index is 0.0669. The van der Waals surface area contributed by atoms with Gasteiger partial charge in [0.15, 0.2) is 11.5 Å². The van der Waals surface area contributed by atoms with Crippen LogP contribution in [-0.2, 0) is 4.79 Å². The molecule has 0 atom stereocenters. The number of rotatable bonds is 5. The van der Waals surface area contributed by atoms with E-state index in [0.717, 1.165) is 32.4 Å². The zero-order valence-corrected chi connectivity index (χ0v) is 12.4. The fraction of sp³-hybridized carbons (Fsp3) is 0.438. The van der Waals surface area contributed by atoms with Gasteiger partial charge in [-0.2, -0.15) is 8.78 Å². The molecule has 22 heavy (non-hydrogen) atoms. The second-order valence-electron chi connectivity index (χ2n) is 4.98. The predicted octanol–water partition coefficient (Wildman–Crippen LogP) is 3.32. The van der Waals surface area contributed by atoms with E-state index in [9.17, 15) is 13.6 Å². The van der Waals surface area contributed by atoms with Crippen molar-refractivity contribution >= 4 is 12.0 Å². The Morgan fingerprint density at radius 2 is 2.00 bits per heavy atom. The number of amides is 1. The highest BCUT2D eigenvalue weighted by molar-refractivity contribution is 5.92. The normalized spacial score (nSPS) is 15.4. The molecule has 1 aromatic rings. The molecule has 0 spiro atoms. The maximum Gasteiger partial charge on any atom is 0.387 e. The van der Waals surface area contributed by atoms with E-state index in [2.05, 4.69) is 4.74 Å². The minimum Gasteiger partial charge on any atom is -0.493 e. The molecular formula is C16H19F2NO3. The number of ether oxygens (including phenoxy) is 2. The molecule has 120 valence electrons. The molecule has 1 aromatic carbocycles. The highest BCUT2D eigenvalue weighted by Gasteiger charge is 2.16. The standard InChI is InChI=1S/C16H19F2NO3/c1-21-13-7-5-6-12(15(13)22-16(17)18)8-9-14(20)19-10-3-2-4-11-19/h5-9,16H,2-4,10-11H2,1H3/b9-8+. The third-order valence-electron chi connectivity index (χ3n) is 3.51. The highest BCUT2D eigenvalue weighted by atomic mass is 19.3. The quantitative estimate of drug-likeness (QED) is 0.783. The predicted molar refractivity (Wildman–Crippen MR) is 79.1 cm³/mol. The van der Waals surface area contributed by atoms with Crippen LogP contribution in [0.5, 0.6) is 11.5 Å². The minimum atomic E-state index is -2.96. The van der Waals surface area contributed by atoms with Crippen LogP contribution in [0.15, 0.2) is 24.3 Å². The number of alkyl halides is 2. The first-order valence-electron chi connectivity index (χ1n) is 7.20. The van der Waals surface area contributed by atoms with Crippen molar-refractivity contribution in [2.75, 3.05) is 20.2 Å². The molecule has 1 fully saturated rings. The van der Waals surface area contributed by atoms with Gasteiger partial charge in [0.05, 0.1) is 7.11 Å². The van der Waals surface area contributed by atoms with Crippen molar-refractivity contribution in [2.24, 2.45) is 0 Å². The lowest BCUT2D eigenvalue weighted by molar-refractivity contribution is -0.126. The number of benzene rings is 1. The Hall–Kier alpha value is -2.11. The van der Waals surface area contributed by atoms with E-state index in [1.807, 2.05) is 0 Å². The summed E-state index contributed by atoms with van der Waals surface area (Å²) in [4.78, 5) is 13.8. The monoisotopic (exact) mass is 311 g/mol. The van der Waals surface area contributed by atoms with Crippen LogP contribution < -0.4 is 9.47 Å². The Balaban J connectivity index is 2.16. The third kappa shape index (κ3) is 4.19. The Morgan fingerprint density at radius 1 is 1.27 bits per heavy atom. The molecule has 0 N–H and O–H groups in total. The first-order chi connectivity index (χ1) is 10.6. The number of carbonyl (C=O) groups is 1. The van der Waals surface area contributed by atoms with Crippen molar-refractivity contribution in [2.45, 2.75) is 25.9 Å². The third-order valence-corrected chi connectivity index (χ3v) is 3.51. The molecule has 0 aromatic heterocycles. The summed E-state index contributed by atoms with van der Waals surface area (Å²) >= 11 is 0. The Bertz CT molecular complexity index is 540. The molecule has 0 saturated carbocycles. The van der Waals surface area contributed by atoms with E-state index < -0.39 is 6.61 Å². The zero-order valence-electron chi connectivity index (χ0n) is 12.4. The van der Waals surface area contributed by atoms with Crippen LogP contribution in [0, 0.1) is 0 Å². The molecule has 2 rings (SSSR count). The van der Waals surface area contributed by atoms with Crippen LogP contribution in [0.3, 0.4) is 0 Å². The molecule has 1 amide bonds. The van der Waals surface area contributed by atoms with Gasteiger partial charge in [0.1, 0.15) is 0 Å². The van der Waals surface area contributed by atoms with Crippen molar-refractivity contribution < 1.29 is 23.0 Å². The molecule has 6 heteroatoms. The number of hydrogen-bond acceptors (Lipinski definition) is 3. The zero-order chi connectivity index (χ0) is 15.9. The van der Waals surface area contributed by atoms with Crippen LogP contribution in [0.2, 0.25) is 0 Å². The van der Waals surface area contributed by atoms with E-state index in [-0.39, 0.29) is 17.4 Å². The van der Waals surface area contributed by atoms with Crippen molar-refractivity contribution in [3.05, 3.63) is 29.8 Å². The number of nitrogens with zero attached hydrogens (tertiary/aromatic N) is 1. The van der Waals surface area contributed by atoms with Crippen LogP contribution in [0.1, 0.15) is 24.8 Å². The molecule has 1 heterocycles. The summed E-state index contributed by atoms with van der Waals surface area (Å²) in [5.41, 5.74) is 0.380. The van der Waals surface area contributed by atoms with Gasteiger partial charge in [0.2, 0.25) is 5.91 Å². The van der Waals surface area contributed by atoms with Crippen LogP contribution in [-0.4, -0.2) is 37.6 Å². The molecule has 0 radical (unpaired) electrons. The molecule has 4 nitrogen and oxygen atoms in total. The average molecular weight is 311 g/mol. The lowest BCUT2D eigenvalue weighted by atomic mass is 10.1. The average Bonchev–Trinajstić information content (AvgIpc) is 2.53. The molecule has 0 aliphatic carbocycles. The van der Waals surface area contributed by atoms with E-state index >= 15 is 0 Å². The number of halogens is 2. The van der Waals surface area contributed by atoms with Gasteiger partial charge in [0.25, 0.3) is 0 Å². The SMILES string of the molecule is COc1cccc(/C=C/C(=O)N2CCCCC2)c1OC(F)F. The largest absolute Gasteiger partial charge is 0.493 e. The number of likely N-dealkylation sites (tertiary alicyclic amines) is 1. The van der Waals surface area contributed by atoms with E-state index in [0.29, 0.717) is 5.56 Å². The number of hydrogen-bond donors (Lipinski definition) is 0. The number of para-hydroxylation sites is 1. The van der Waals surface area contributed by atoms with Gasteiger partial charge in [-0.15, -0.1) is 0 Å². The second kappa shape index (κ2) is 7.77. The fourth-order valence-corrected chi connectivity index (χ4v) is 2.42. The van der Waals surface area contributed by atoms with Crippen molar-refractivity contribution in [3.63, 3.8) is 0 Å². The number of piperidine rings is 1. The van der Waals surface area contributed by atoms with Crippen molar-refractivity contribution in [1.29, 1.82) is 0 Å². The summed E-state index contributed by atoms with van der Waals surface area (Å²) in [5.74, 6) is 0.0149. The lowest BCUT2D eigenvalue weighted by Gasteiger charge is -2.25. The molecule has 1 aliphatic rings. The Morgan fingerprint density at radius 3 is 2.64 bits per heavy atom. The van der Waals surface area contributed by atoms with Gasteiger partial charge in [-0.25, -0.2) is 0 Å². The van der Waals surface area contributed by atoms with Gasteiger partial charge in [-0.1, -0.05) is 12.1 Å². The summed E-state index contributed by atoms with van der Waals surface area (Å²) in [6.07, 6.45) is 6.00. The second-order valence-corrected chi connectivity index (χ2v) is 4.98. The topological polar surface area (TPSA) is 38.8 Å². The maximum absolute atomic E-state index is 12.5. The van der Waals surface area contributed by atoms with Crippen LogP contribution in [0.4, 0.5) is 8.78 Å². The smallest absolute Gasteiger partial charge is 0.387 e. The summed E-state index contributed by atoms with van der Waals surface area (Å²) in [6, 6.07) is 4.78. The van der Waals surface area contributed by atoms with Gasteiger partial charge in [-0.05, 0) is 31.4 Å². The Labute approximate surface area is 128 Å². The van der Waals surface area contributed by atoms with Gasteiger partial charge >= 0.3 is 6.61 Å². The van der Waals surface area contributed by atoms with E-state index in [1.165, 1.54) is 25.3 Å². The van der Waals surface area contributed by atoms with Crippen LogP contribution in [0.25, 0.3) is 6.08 Å². The number of carbonyl (C=O) groups excluding carboxylic acids is 1. The van der Waals surface area contributed by atoms with Crippen molar-refractivity contribution in [3.8, 4) is 11.5 Å². The summed E-state index contributed by atoms with van der Waals surface area (Å²) in [5, 5.41) is 0. The maximum atomic E-state index is 12.5. The molecule has 1 aliphatic heterocycles. The van der Waals surface area contributed by atoms with Gasteiger partial charge < -0.3 is 14.4 Å². The van der Waals surface area contributed by atoms with Gasteiger partial charge in [0, 0.05) is 24.7 Å². The van der Waals surface area contributed by atoms with E-state index in [1.54, 1.807) is 17.0 Å². The molecule has 0 unspecified atom stereocenters. The molecule has 1 saturated heterocycles. The Kier molecular flexibility index (Phi) is 5.75. The van der Waals surface area contributed by atoms with Crippen molar-refractivity contribution in [1.82, 2.24) is 4.90 Å². The summed E-state index contributed by atoms with van der Waals surface area (Å²) < 4.78 is 34.6. The van der Waals surface area contributed by atoms with Crippen LogP contribution >= 0.6 is 0 Å². The summed E-state index contributed by atoms with van der Waals surface area (Å²) in [6.45, 7) is -1.48. The molecule has 0 bridgehead atoms. The highest BCUT2D eigenvalue weighted by Crippen LogP contribution is 2.33. The summed E-state index contributed by atoms with van der Waals surface area (Å²) in [7, 11) is 1.38. The first kappa shape index (κ1) is 16.3.